The molecule has 1 heterocycles. The van der Waals surface area contributed by atoms with Crippen LogP contribution in [0.1, 0.15) is 18.2 Å². The van der Waals surface area contributed by atoms with Crippen LogP contribution in [0.4, 0.5) is 0 Å². The number of alkyl halides is 1. The molecule has 0 aliphatic heterocycles. The van der Waals surface area contributed by atoms with E-state index in [9.17, 15) is 0 Å². The molecule has 0 spiro atoms. The predicted molar refractivity (Wildman–Crippen MR) is 47.0 cm³/mol. The van der Waals surface area contributed by atoms with Crippen LogP contribution in [0, 0.1) is 0 Å². The second-order valence-electron chi connectivity index (χ2n) is 2.57. The Morgan fingerprint density at radius 2 is 2.36 bits per heavy atom. The third kappa shape index (κ3) is 1.96. The maximum Gasteiger partial charge on any atom is 0.0654 e. The molecule has 0 fully saturated rings. The van der Waals surface area contributed by atoms with Gasteiger partial charge in [-0.3, -0.25) is 4.68 Å². The van der Waals surface area contributed by atoms with Gasteiger partial charge in [-0.25, -0.2) is 0 Å². The molecule has 0 radical (unpaired) electrons. The zero-order valence-corrected chi connectivity index (χ0v) is 7.73. The zero-order chi connectivity index (χ0) is 8.27. The Balaban J connectivity index is 2.83. The molecule has 1 aromatic rings. The second kappa shape index (κ2) is 3.77. The van der Waals surface area contributed by atoms with E-state index >= 15 is 0 Å². The van der Waals surface area contributed by atoms with E-state index in [0.29, 0.717) is 5.88 Å². The van der Waals surface area contributed by atoms with Gasteiger partial charge in [0.15, 0.2) is 0 Å². The monoisotopic (exact) mass is 172 g/mol. The first-order valence-corrected chi connectivity index (χ1v) is 4.38. The highest BCUT2D eigenvalue weighted by Gasteiger charge is 2.03. The fourth-order valence-electron chi connectivity index (χ4n) is 1.19. The van der Waals surface area contributed by atoms with E-state index in [4.69, 9.17) is 11.6 Å². The molecule has 0 amide bonds. The van der Waals surface area contributed by atoms with Crippen LogP contribution in [0.2, 0.25) is 0 Å². The summed E-state index contributed by atoms with van der Waals surface area (Å²) in [5.41, 5.74) is 2.46. The van der Waals surface area contributed by atoms with E-state index in [-0.39, 0.29) is 0 Å². The number of aryl methyl sites for hydroxylation is 3. The molecule has 0 unspecified atom stereocenters. The van der Waals surface area contributed by atoms with Gasteiger partial charge in [-0.05, 0) is 18.4 Å². The van der Waals surface area contributed by atoms with Crippen molar-refractivity contribution in [3.63, 3.8) is 0 Å². The second-order valence-corrected chi connectivity index (χ2v) is 2.95. The molecule has 0 atom stereocenters. The largest absolute Gasteiger partial charge is 0.275 e. The van der Waals surface area contributed by atoms with Gasteiger partial charge in [0.2, 0.25) is 0 Å². The molecule has 0 aliphatic carbocycles. The maximum absolute atomic E-state index is 5.64. The van der Waals surface area contributed by atoms with Gasteiger partial charge in [0, 0.05) is 19.1 Å². The summed E-state index contributed by atoms with van der Waals surface area (Å²) in [7, 11) is 1.94. The number of aromatic nitrogens is 2. The van der Waals surface area contributed by atoms with Crippen LogP contribution in [0.25, 0.3) is 0 Å². The van der Waals surface area contributed by atoms with E-state index in [1.807, 2.05) is 17.9 Å². The normalized spacial score (nSPS) is 10.5. The average Bonchev–Trinajstić information content (AvgIpc) is 2.32. The highest BCUT2D eigenvalue weighted by Crippen LogP contribution is 2.08. The van der Waals surface area contributed by atoms with E-state index in [1.165, 1.54) is 11.3 Å². The van der Waals surface area contributed by atoms with Gasteiger partial charge in [0.1, 0.15) is 0 Å². The molecule has 1 aromatic heterocycles. The quantitative estimate of drug-likeness (QED) is 0.636. The average molecular weight is 173 g/mol. The van der Waals surface area contributed by atoms with E-state index in [0.717, 1.165) is 12.8 Å². The van der Waals surface area contributed by atoms with Crippen molar-refractivity contribution in [1.29, 1.82) is 0 Å². The summed E-state index contributed by atoms with van der Waals surface area (Å²) >= 11 is 5.64. The minimum Gasteiger partial charge on any atom is -0.275 e. The van der Waals surface area contributed by atoms with Crippen molar-refractivity contribution >= 4 is 11.6 Å². The van der Waals surface area contributed by atoms with Crippen molar-refractivity contribution in [3.8, 4) is 0 Å². The third-order valence-electron chi connectivity index (χ3n) is 1.69. The smallest absolute Gasteiger partial charge is 0.0654 e. The molecule has 2 nitrogen and oxygen atoms in total. The van der Waals surface area contributed by atoms with E-state index in [1.54, 1.807) is 0 Å². The van der Waals surface area contributed by atoms with Crippen LogP contribution in [-0.4, -0.2) is 15.7 Å². The Morgan fingerprint density at radius 3 is 2.91 bits per heavy atom. The van der Waals surface area contributed by atoms with Crippen LogP contribution in [0.15, 0.2) is 6.20 Å². The van der Waals surface area contributed by atoms with E-state index < -0.39 is 0 Å². The van der Waals surface area contributed by atoms with Crippen molar-refractivity contribution in [2.24, 2.45) is 7.05 Å². The summed E-state index contributed by atoms with van der Waals surface area (Å²) in [5.74, 6) is 0.679. The molecule has 0 saturated carbocycles. The van der Waals surface area contributed by atoms with Crippen molar-refractivity contribution < 1.29 is 0 Å². The van der Waals surface area contributed by atoms with Crippen LogP contribution >= 0.6 is 11.6 Å². The number of hydrogen-bond donors (Lipinski definition) is 0. The number of halogens is 1. The summed E-state index contributed by atoms with van der Waals surface area (Å²) < 4.78 is 1.85. The summed E-state index contributed by atoms with van der Waals surface area (Å²) in [6, 6.07) is 0. The Bertz CT molecular complexity index is 230. The lowest BCUT2D eigenvalue weighted by Crippen LogP contribution is -1.91. The number of rotatable bonds is 3. The molecule has 0 aromatic carbocycles. The molecular weight excluding hydrogens is 160 g/mol. The molecule has 62 valence electrons. The summed E-state index contributed by atoms with van der Waals surface area (Å²) in [5, 5.41) is 4.31. The predicted octanol–water partition coefficient (Wildman–Crippen LogP) is 1.76. The standard InChI is InChI=1S/C8H13ClN2/c1-3-8-7(4-5-9)6-11(2)10-8/h6H,3-5H2,1-2H3. The number of hydrogen-bond acceptors (Lipinski definition) is 1. The SMILES string of the molecule is CCc1nn(C)cc1CCCl. The maximum atomic E-state index is 5.64. The topological polar surface area (TPSA) is 17.8 Å². The fourth-order valence-corrected chi connectivity index (χ4v) is 1.40. The molecular formula is C8H13ClN2. The van der Waals surface area contributed by atoms with E-state index in [2.05, 4.69) is 12.0 Å². The van der Waals surface area contributed by atoms with Gasteiger partial charge in [0.05, 0.1) is 5.69 Å². The van der Waals surface area contributed by atoms with Gasteiger partial charge in [-0.2, -0.15) is 5.10 Å². The Hall–Kier alpha value is -0.500. The molecule has 3 heteroatoms. The number of nitrogens with zero attached hydrogens (tertiary/aromatic N) is 2. The van der Waals surface area contributed by atoms with Gasteiger partial charge < -0.3 is 0 Å². The van der Waals surface area contributed by atoms with Gasteiger partial charge in [0.25, 0.3) is 0 Å². The molecule has 1 rings (SSSR count). The third-order valence-corrected chi connectivity index (χ3v) is 1.88. The molecule has 0 bridgehead atoms. The molecule has 0 saturated heterocycles. The van der Waals surface area contributed by atoms with Crippen molar-refractivity contribution in [2.45, 2.75) is 19.8 Å². The lowest BCUT2D eigenvalue weighted by molar-refractivity contribution is 0.746. The summed E-state index contributed by atoms with van der Waals surface area (Å²) in [6.45, 7) is 2.11. The molecule has 0 aliphatic rings. The van der Waals surface area contributed by atoms with Gasteiger partial charge >= 0.3 is 0 Å². The highest BCUT2D eigenvalue weighted by molar-refractivity contribution is 6.17. The van der Waals surface area contributed by atoms with Crippen LogP contribution in [0.5, 0.6) is 0 Å². The van der Waals surface area contributed by atoms with Crippen molar-refractivity contribution in [2.75, 3.05) is 5.88 Å². The Kier molecular flexibility index (Phi) is 2.94. The molecule has 11 heavy (non-hydrogen) atoms. The van der Waals surface area contributed by atoms with Crippen molar-refractivity contribution in [3.05, 3.63) is 17.5 Å². The van der Waals surface area contributed by atoms with Crippen LogP contribution in [-0.2, 0) is 19.9 Å². The minimum atomic E-state index is 0.679. The first-order chi connectivity index (χ1) is 5.27. The highest BCUT2D eigenvalue weighted by atomic mass is 35.5. The molecule has 0 N–H and O–H groups in total. The first kappa shape index (κ1) is 8.60. The zero-order valence-electron chi connectivity index (χ0n) is 6.97. The van der Waals surface area contributed by atoms with Gasteiger partial charge in [-0.1, -0.05) is 6.92 Å². The van der Waals surface area contributed by atoms with Gasteiger partial charge in [-0.15, -0.1) is 11.6 Å². The Morgan fingerprint density at radius 1 is 1.64 bits per heavy atom. The minimum absolute atomic E-state index is 0.679. The lowest BCUT2D eigenvalue weighted by Gasteiger charge is -1.93. The Labute approximate surface area is 72.2 Å². The van der Waals surface area contributed by atoms with Crippen molar-refractivity contribution in [1.82, 2.24) is 9.78 Å². The summed E-state index contributed by atoms with van der Waals surface area (Å²) in [4.78, 5) is 0. The van der Waals surface area contributed by atoms with Crippen LogP contribution < -0.4 is 0 Å². The lowest BCUT2D eigenvalue weighted by atomic mass is 10.2. The first-order valence-electron chi connectivity index (χ1n) is 3.85. The van der Waals surface area contributed by atoms with Crippen LogP contribution in [0.3, 0.4) is 0 Å². The fraction of sp³-hybridized carbons (Fsp3) is 0.625. The summed E-state index contributed by atoms with van der Waals surface area (Å²) in [6.07, 6.45) is 3.97.